The average molecular weight is 216 g/mol. The Morgan fingerprint density at radius 2 is 1.81 bits per heavy atom. The van der Waals surface area contributed by atoms with Crippen LogP contribution in [-0.2, 0) is 6.54 Å². The van der Waals surface area contributed by atoms with Crippen LogP contribution in [0.1, 0.15) is 11.1 Å². The first-order chi connectivity index (χ1) is 7.66. The lowest BCUT2D eigenvalue weighted by molar-refractivity contribution is 0.699. The molecule has 0 spiro atoms. The minimum absolute atomic E-state index is 0.288. The SMILES string of the molecule is Cc1ccc(Cn2c(=O)cc[nH]c2=O)cc1. The highest BCUT2D eigenvalue weighted by atomic mass is 16.2. The number of aromatic amines is 1. The van der Waals surface area contributed by atoms with Crippen LogP contribution in [0.2, 0.25) is 0 Å². The van der Waals surface area contributed by atoms with Gasteiger partial charge >= 0.3 is 5.69 Å². The van der Waals surface area contributed by atoms with Crippen LogP contribution in [0.4, 0.5) is 0 Å². The summed E-state index contributed by atoms with van der Waals surface area (Å²) in [6.45, 7) is 2.29. The van der Waals surface area contributed by atoms with E-state index in [1.54, 1.807) is 0 Å². The number of hydrogen-bond donors (Lipinski definition) is 1. The van der Waals surface area contributed by atoms with Gasteiger partial charge in [-0.05, 0) is 12.5 Å². The normalized spacial score (nSPS) is 10.3. The van der Waals surface area contributed by atoms with Gasteiger partial charge in [-0.2, -0.15) is 0 Å². The molecule has 2 rings (SSSR count). The minimum Gasteiger partial charge on any atom is -0.314 e. The van der Waals surface area contributed by atoms with Crippen molar-refractivity contribution in [2.45, 2.75) is 13.5 Å². The molecule has 0 radical (unpaired) electrons. The van der Waals surface area contributed by atoms with Gasteiger partial charge < -0.3 is 4.98 Å². The fourth-order valence-electron chi connectivity index (χ4n) is 1.48. The molecule has 0 unspecified atom stereocenters. The zero-order valence-electron chi connectivity index (χ0n) is 8.93. The van der Waals surface area contributed by atoms with Gasteiger partial charge in [-0.1, -0.05) is 29.8 Å². The Kier molecular flexibility index (Phi) is 2.72. The minimum atomic E-state index is -0.381. The summed E-state index contributed by atoms with van der Waals surface area (Å²) in [5.74, 6) is 0. The second-order valence-electron chi connectivity index (χ2n) is 3.69. The molecule has 0 atom stereocenters. The second-order valence-corrected chi connectivity index (χ2v) is 3.69. The Morgan fingerprint density at radius 3 is 2.44 bits per heavy atom. The average Bonchev–Trinajstić information content (AvgIpc) is 2.26. The van der Waals surface area contributed by atoms with Crippen LogP contribution in [0.5, 0.6) is 0 Å². The molecular formula is C12H12N2O2. The van der Waals surface area contributed by atoms with Crippen molar-refractivity contribution >= 4 is 0 Å². The van der Waals surface area contributed by atoms with Crippen LogP contribution >= 0.6 is 0 Å². The number of aryl methyl sites for hydroxylation is 1. The summed E-state index contributed by atoms with van der Waals surface area (Å²) in [7, 11) is 0. The molecule has 1 heterocycles. The van der Waals surface area contributed by atoms with Crippen molar-refractivity contribution in [3.05, 3.63) is 68.5 Å². The summed E-state index contributed by atoms with van der Waals surface area (Å²) < 4.78 is 1.17. The van der Waals surface area contributed by atoms with Crippen LogP contribution in [0, 0.1) is 6.92 Å². The van der Waals surface area contributed by atoms with E-state index in [2.05, 4.69) is 4.98 Å². The number of rotatable bonds is 2. The molecule has 0 bridgehead atoms. The molecule has 0 fully saturated rings. The highest BCUT2D eigenvalue weighted by molar-refractivity contribution is 5.21. The fraction of sp³-hybridized carbons (Fsp3) is 0.167. The van der Waals surface area contributed by atoms with E-state index >= 15 is 0 Å². The maximum absolute atomic E-state index is 11.5. The summed E-state index contributed by atoms with van der Waals surface area (Å²) in [5, 5.41) is 0. The number of benzene rings is 1. The topological polar surface area (TPSA) is 54.9 Å². The summed E-state index contributed by atoms with van der Waals surface area (Å²) in [5.41, 5.74) is 1.42. The molecule has 1 N–H and O–H groups in total. The van der Waals surface area contributed by atoms with Gasteiger partial charge in [-0.15, -0.1) is 0 Å². The third kappa shape index (κ3) is 2.11. The highest BCUT2D eigenvalue weighted by Gasteiger charge is 2.00. The summed E-state index contributed by atoms with van der Waals surface area (Å²) in [6.07, 6.45) is 1.36. The van der Waals surface area contributed by atoms with Gasteiger partial charge in [0.25, 0.3) is 5.56 Å². The lowest BCUT2D eigenvalue weighted by Crippen LogP contribution is -2.34. The van der Waals surface area contributed by atoms with Gasteiger partial charge in [0, 0.05) is 12.3 Å². The van der Waals surface area contributed by atoms with E-state index in [0.29, 0.717) is 6.54 Å². The zero-order valence-corrected chi connectivity index (χ0v) is 8.93. The number of H-pyrrole nitrogens is 1. The molecule has 1 aromatic heterocycles. The predicted molar refractivity (Wildman–Crippen MR) is 61.6 cm³/mol. The Bertz CT molecular complexity index is 565. The third-order valence-corrected chi connectivity index (χ3v) is 2.41. The van der Waals surface area contributed by atoms with Crippen molar-refractivity contribution in [3.8, 4) is 0 Å². The molecular weight excluding hydrogens is 204 g/mol. The van der Waals surface area contributed by atoms with Crippen LogP contribution < -0.4 is 11.2 Å². The molecule has 0 saturated carbocycles. The molecule has 2 aromatic rings. The van der Waals surface area contributed by atoms with E-state index in [4.69, 9.17) is 0 Å². The van der Waals surface area contributed by atoms with E-state index < -0.39 is 0 Å². The Morgan fingerprint density at radius 1 is 1.12 bits per heavy atom. The van der Waals surface area contributed by atoms with Crippen LogP contribution in [0.25, 0.3) is 0 Å². The van der Waals surface area contributed by atoms with E-state index in [1.165, 1.54) is 16.8 Å². The van der Waals surface area contributed by atoms with Crippen molar-refractivity contribution in [3.63, 3.8) is 0 Å². The maximum atomic E-state index is 11.5. The maximum Gasteiger partial charge on any atom is 0.328 e. The molecule has 82 valence electrons. The van der Waals surface area contributed by atoms with Crippen LogP contribution in [0.3, 0.4) is 0 Å². The second kappa shape index (κ2) is 4.18. The standard InChI is InChI=1S/C12H12N2O2/c1-9-2-4-10(5-3-9)8-14-11(15)6-7-13-12(14)16/h2-7H,8H2,1H3,(H,13,16). The van der Waals surface area contributed by atoms with Gasteiger partial charge in [0.05, 0.1) is 6.54 Å². The first-order valence-electron chi connectivity index (χ1n) is 5.01. The van der Waals surface area contributed by atoms with E-state index in [9.17, 15) is 9.59 Å². The zero-order chi connectivity index (χ0) is 11.5. The van der Waals surface area contributed by atoms with E-state index in [1.807, 2.05) is 31.2 Å². The summed E-state index contributed by atoms with van der Waals surface area (Å²) in [4.78, 5) is 25.4. The predicted octanol–water partition coefficient (Wildman–Crippen LogP) is 0.893. The molecule has 0 aliphatic carbocycles. The molecule has 0 aliphatic heterocycles. The van der Waals surface area contributed by atoms with Gasteiger partial charge in [-0.3, -0.25) is 9.36 Å². The number of hydrogen-bond acceptors (Lipinski definition) is 2. The molecule has 16 heavy (non-hydrogen) atoms. The molecule has 4 heteroatoms. The first-order valence-corrected chi connectivity index (χ1v) is 5.01. The lowest BCUT2D eigenvalue weighted by atomic mass is 10.1. The Labute approximate surface area is 92.2 Å². The van der Waals surface area contributed by atoms with Crippen molar-refractivity contribution in [2.75, 3.05) is 0 Å². The molecule has 1 aromatic carbocycles. The van der Waals surface area contributed by atoms with E-state index in [-0.39, 0.29) is 11.2 Å². The van der Waals surface area contributed by atoms with Gasteiger partial charge in [0.15, 0.2) is 0 Å². The smallest absolute Gasteiger partial charge is 0.314 e. The monoisotopic (exact) mass is 216 g/mol. The lowest BCUT2D eigenvalue weighted by Gasteiger charge is -2.03. The summed E-state index contributed by atoms with van der Waals surface area (Å²) in [6, 6.07) is 9.08. The number of nitrogens with zero attached hydrogens (tertiary/aromatic N) is 1. The molecule has 0 amide bonds. The largest absolute Gasteiger partial charge is 0.328 e. The fourth-order valence-corrected chi connectivity index (χ4v) is 1.48. The highest BCUT2D eigenvalue weighted by Crippen LogP contribution is 2.03. The quantitative estimate of drug-likeness (QED) is 0.810. The summed E-state index contributed by atoms with van der Waals surface area (Å²) >= 11 is 0. The van der Waals surface area contributed by atoms with Crippen molar-refractivity contribution in [2.24, 2.45) is 0 Å². The number of aromatic nitrogens is 2. The Hall–Kier alpha value is -2.10. The number of nitrogens with one attached hydrogen (secondary N) is 1. The van der Waals surface area contributed by atoms with Gasteiger partial charge in [0.1, 0.15) is 0 Å². The van der Waals surface area contributed by atoms with Gasteiger partial charge in [0.2, 0.25) is 0 Å². The van der Waals surface area contributed by atoms with Crippen molar-refractivity contribution < 1.29 is 0 Å². The third-order valence-electron chi connectivity index (χ3n) is 2.41. The van der Waals surface area contributed by atoms with Crippen LogP contribution in [0.15, 0.2) is 46.1 Å². The van der Waals surface area contributed by atoms with Gasteiger partial charge in [-0.25, -0.2) is 4.79 Å². The molecule has 0 saturated heterocycles. The first kappa shape index (κ1) is 10.4. The van der Waals surface area contributed by atoms with Crippen molar-refractivity contribution in [1.29, 1.82) is 0 Å². The van der Waals surface area contributed by atoms with Crippen LogP contribution in [-0.4, -0.2) is 9.55 Å². The molecule has 0 aliphatic rings. The Balaban J connectivity index is 2.38. The van der Waals surface area contributed by atoms with E-state index in [0.717, 1.165) is 11.1 Å². The van der Waals surface area contributed by atoms with Crippen molar-refractivity contribution in [1.82, 2.24) is 9.55 Å². The molecule has 4 nitrogen and oxygen atoms in total.